The van der Waals surface area contributed by atoms with Gasteiger partial charge >= 0.3 is 11.9 Å². The third-order valence-corrected chi connectivity index (χ3v) is 6.63. The van der Waals surface area contributed by atoms with Crippen LogP contribution in [0.15, 0.2) is 58.1 Å². The number of guanidine groups is 1. The van der Waals surface area contributed by atoms with Gasteiger partial charge in [0.05, 0.1) is 20.3 Å². The van der Waals surface area contributed by atoms with Crippen LogP contribution in [0.2, 0.25) is 0 Å². The predicted octanol–water partition coefficient (Wildman–Crippen LogP) is 2.73. The van der Waals surface area contributed by atoms with Crippen LogP contribution in [0.4, 0.5) is 0 Å². The molecule has 200 valence electrons. The maximum Gasteiger partial charge on any atom is 0.445 e. The van der Waals surface area contributed by atoms with Crippen molar-refractivity contribution in [3.8, 4) is 5.75 Å². The molecular formula is C27H30N4O7. The van der Waals surface area contributed by atoms with E-state index in [1.807, 2.05) is 48.5 Å². The number of benzene rings is 2. The summed E-state index contributed by atoms with van der Waals surface area (Å²) in [5, 5.41) is 5.44. The SMILES string of the molecule is COc1ccc(CCCCN2CCOCC2)cc1C(c1cc2ccccc2o1)N1OC(=O)C(=O)ON=C1N. The van der Waals surface area contributed by atoms with E-state index in [9.17, 15) is 9.59 Å². The number of morpholine rings is 1. The van der Waals surface area contributed by atoms with E-state index in [-0.39, 0.29) is 5.96 Å². The molecule has 0 bridgehead atoms. The van der Waals surface area contributed by atoms with E-state index in [0.29, 0.717) is 22.7 Å². The molecule has 1 saturated heterocycles. The van der Waals surface area contributed by atoms with Crippen molar-refractivity contribution >= 4 is 28.9 Å². The molecule has 2 aliphatic rings. The topological polar surface area (TPSA) is 129 Å². The maximum absolute atomic E-state index is 12.3. The largest absolute Gasteiger partial charge is 0.496 e. The summed E-state index contributed by atoms with van der Waals surface area (Å²) in [7, 11) is 1.55. The van der Waals surface area contributed by atoms with Gasteiger partial charge in [-0.2, -0.15) is 5.06 Å². The van der Waals surface area contributed by atoms with Gasteiger partial charge in [-0.25, -0.2) is 9.59 Å². The summed E-state index contributed by atoms with van der Waals surface area (Å²) < 4.78 is 17.3. The van der Waals surface area contributed by atoms with Crippen LogP contribution >= 0.6 is 0 Å². The Morgan fingerprint density at radius 1 is 1.05 bits per heavy atom. The van der Waals surface area contributed by atoms with Gasteiger partial charge in [-0.1, -0.05) is 24.3 Å². The number of nitrogens with zero attached hydrogens (tertiary/aromatic N) is 3. The Labute approximate surface area is 219 Å². The second-order valence-corrected chi connectivity index (χ2v) is 9.11. The number of furan rings is 1. The lowest BCUT2D eigenvalue weighted by Crippen LogP contribution is -2.41. The maximum atomic E-state index is 12.3. The second-order valence-electron chi connectivity index (χ2n) is 9.11. The number of hydrogen-bond donors (Lipinski definition) is 1. The molecule has 11 heteroatoms. The van der Waals surface area contributed by atoms with E-state index in [2.05, 4.69) is 14.9 Å². The molecule has 3 aromatic rings. The van der Waals surface area contributed by atoms with Gasteiger partial charge in [0.15, 0.2) is 6.04 Å². The molecule has 2 aromatic carbocycles. The first-order valence-corrected chi connectivity index (χ1v) is 12.5. The van der Waals surface area contributed by atoms with Gasteiger partial charge in [-0.3, -0.25) is 4.90 Å². The van der Waals surface area contributed by atoms with Gasteiger partial charge in [0.25, 0.3) is 5.96 Å². The molecule has 1 aromatic heterocycles. The Bertz CT molecular complexity index is 1300. The number of nitrogens with two attached hydrogens (primary N) is 1. The number of oxime groups is 1. The van der Waals surface area contributed by atoms with E-state index in [1.54, 1.807) is 7.11 Å². The number of unbranched alkanes of at least 4 members (excludes halogenated alkanes) is 1. The summed E-state index contributed by atoms with van der Waals surface area (Å²) in [4.78, 5) is 36.5. The molecule has 1 unspecified atom stereocenters. The highest BCUT2D eigenvalue weighted by Crippen LogP contribution is 2.38. The Morgan fingerprint density at radius 3 is 2.66 bits per heavy atom. The number of fused-ring (bicyclic) bond motifs is 1. The average molecular weight is 523 g/mol. The van der Waals surface area contributed by atoms with Gasteiger partial charge in [0.1, 0.15) is 17.1 Å². The molecule has 0 saturated carbocycles. The van der Waals surface area contributed by atoms with Gasteiger partial charge < -0.3 is 29.3 Å². The highest BCUT2D eigenvalue weighted by molar-refractivity contribution is 6.30. The fourth-order valence-corrected chi connectivity index (χ4v) is 4.70. The molecule has 1 atom stereocenters. The number of rotatable bonds is 9. The monoisotopic (exact) mass is 522 g/mol. The van der Waals surface area contributed by atoms with Gasteiger partial charge in [0, 0.05) is 24.0 Å². The van der Waals surface area contributed by atoms with Crippen LogP contribution in [0.25, 0.3) is 11.0 Å². The number of aryl methyl sites for hydroxylation is 1. The number of carbonyl (C=O) groups is 2. The van der Waals surface area contributed by atoms with Crippen LogP contribution in [0.5, 0.6) is 5.75 Å². The van der Waals surface area contributed by atoms with Crippen molar-refractivity contribution in [3.63, 3.8) is 0 Å². The summed E-state index contributed by atoms with van der Waals surface area (Å²) >= 11 is 0. The molecule has 0 spiro atoms. The first kappa shape index (κ1) is 25.6. The number of hydrogen-bond acceptors (Lipinski definition) is 11. The first-order chi connectivity index (χ1) is 18.5. The number of hydroxylamine groups is 2. The van der Waals surface area contributed by atoms with Crippen LogP contribution in [0.1, 0.15) is 35.8 Å². The van der Waals surface area contributed by atoms with Crippen molar-refractivity contribution in [1.29, 1.82) is 0 Å². The zero-order valence-corrected chi connectivity index (χ0v) is 21.1. The zero-order chi connectivity index (χ0) is 26.5. The van der Waals surface area contributed by atoms with E-state index in [1.165, 1.54) is 0 Å². The quantitative estimate of drug-likeness (QED) is 0.254. The summed E-state index contributed by atoms with van der Waals surface area (Å²) in [6, 6.07) is 14.2. The highest BCUT2D eigenvalue weighted by Gasteiger charge is 2.38. The van der Waals surface area contributed by atoms with Crippen LogP contribution in [0, 0.1) is 0 Å². The smallest absolute Gasteiger partial charge is 0.445 e. The second kappa shape index (κ2) is 11.5. The lowest BCUT2D eigenvalue weighted by molar-refractivity contribution is -0.187. The predicted molar refractivity (Wildman–Crippen MR) is 137 cm³/mol. The van der Waals surface area contributed by atoms with Crippen molar-refractivity contribution in [3.05, 3.63) is 65.4 Å². The average Bonchev–Trinajstić information content (AvgIpc) is 3.32. The minimum atomic E-state index is -1.28. The summed E-state index contributed by atoms with van der Waals surface area (Å²) in [5.74, 6) is -1.93. The van der Waals surface area contributed by atoms with Crippen LogP contribution < -0.4 is 10.5 Å². The molecule has 38 heavy (non-hydrogen) atoms. The standard InChI is InChI=1S/C27H30N4O7/c1-34-22-10-9-18(6-4-5-11-30-12-14-35-15-13-30)16-20(22)24(23-17-19-7-2-3-8-21(19)36-23)31-27(28)29-37-25(32)26(33)38-31/h2-3,7-10,16-17,24H,4-6,11-15H2,1H3,(H2,28,29). The Balaban J connectivity index is 1.47. The van der Waals surface area contributed by atoms with E-state index in [0.717, 1.165) is 68.1 Å². The van der Waals surface area contributed by atoms with Crippen LogP contribution in [-0.2, 0) is 30.4 Å². The third kappa shape index (κ3) is 5.58. The molecule has 0 aliphatic carbocycles. The van der Waals surface area contributed by atoms with E-state index < -0.39 is 18.0 Å². The summed E-state index contributed by atoms with van der Waals surface area (Å²) in [5.41, 5.74) is 8.42. The number of ether oxygens (including phenoxy) is 2. The molecular weight excluding hydrogens is 492 g/mol. The van der Waals surface area contributed by atoms with Crippen LogP contribution in [0.3, 0.4) is 0 Å². The number of carbonyl (C=O) groups excluding carboxylic acids is 2. The van der Waals surface area contributed by atoms with Crippen molar-refractivity contribution < 1.29 is 33.2 Å². The van der Waals surface area contributed by atoms with Crippen molar-refractivity contribution in [2.75, 3.05) is 40.0 Å². The summed E-state index contributed by atoms with van der Waals surface area (Å²) in [6.07, 6.45) is 2.87. The Morgan fingerprint density at radius 2 is 1.87 bits per heavy atom. The molecule has 2 aliphatic heterocycles. The van der Waals surface area contributed by atoms with E-state index in [4.69, 9.17) is 24.5 Å². The lowest BCUT2D eigenvalue weighted by Gasteiger charge is -2.28. The molecule has 3 heterocycles. The number of methoxy groups -OCH3 is 1. The van der Waals surface area contributed by atoms with Gasteiger partial charge in [-0.15, -0.1) is 0 Å². The Kier molecular flexibility index (Phi) is 7.75. The molecule has 0 radical (unpaired) electrons. The molecule has 1 fully saturated rings. The third-order valence-electron chi connectivity index (χ3n) is 6.63. The minimum absolute atomic E-state index is 0.326. The van der Waals surface area contributed by atoms with Gasteiger partial charge in [0.2, 0.25) is 0 Å². The fourth-order valence-electron chi connectivity index (χ4n) is 4.70. The normalized spacial score (nSPS) is 17.5. The van der Waals surface area contributed by atoms with Crippen molar-refractivity contribution in [2.24, 2.45) is 10.9 Å². The van der Waals surface area contributed by atoms with Crippen LogP contribution in [-0.4, -0.2) is 67.8 Å². The lowest BCUT2D eigenvalue weighted by atomic mass is 9.97. The zero-order valence-electron chi connectivity index (χ0n) is 21.1. The minimum Gasteiger partial charge on any atom is -0.496 e. The molecule has 11 nitrogen and oxygen atoms in total. The highest BCUT2D eigenvalue weighted by atomic mass is 16.8. The molecule has 5 rings (SSSR count). The Hall–Kier alpha value is -4.09. The molecule has 2 N–H and O–H groups in total. The van der Waals surface area contributed by atoms with Crippen molar-refractivity contribution in [1.82, 2.24) is 9.96 Å². The first-order valence-electron chi connectivity index (χ1n) is 12.5. The van der Waals surface area contributed by atoms with Crippen molar-refractivity contribution in [2.45, 2.75) is 25.3 Å². The fraction of sp³-hybridized carbons (Fsp3) is 0.370. The number of para-hydroxylation sites is 1. The molecule has 0 amide bonds. The van der Waals surface area contributed by atoms with Gasteiger partial charge in [-0.05, 0) is 60.8 Å². The van der Waals surface area contributed by atoms with E-state index >= 15 is 0 Å². The summed E-state index contributed by atoms with van der Waals surface area (Å²) in [6.45, 7) is 4.54.